The molecule has 3 heterocycles. The zero-order valence-electron chi connectivity index (χ0n) is 17.4. The second-order valence-corrected chi connectivity index (χ2v) is 10.8. The van der Waals surface area contributed by atoms with Gasteiger partial charge in [-0.1, -0.05) is 17.7 Å². The first-order valence-corrected chi connectivity index (χ1v) is 12.7. The first kappa shape index (κ1) is 22.9. The van der Waals surface area contributed by atoms with Gasteiger partial charge in [-0.05, 0) is 43.5 Å². The number of amides is 1. The predicted octanol–water partition coefficient (Wildman–Crippen LogP) is 3.78. The van der Waals surface area contributed by atoms with Gasteiger partial charge in [-0.2, -0.15) is 4.31 Å². The van der Waals surface area contributed by atoms with E-state index in [1.807, 2.05) is 31.4 Å². The summed E-state index contributed by atoms with van der Waals surface area (Å²) in [4.78, 5) is 17.8. The molecule has 8 nitrogen and oxygen atoms in total. The van der Waals surface area contributed by atoms with E-state index >= 15 is 0 Å². The van der Waals surface area contributed by atoms with E-state index in [4.69, 9.17) is 20.8 Å². The maximum atomic E-state index is 13.2. The van der Waals surface area contributed by atoms with Crippen LogP contribution in [-0.4, -0.2) is 48.9 Å². The number of rotatable bonds is 6. The fourth-order valence-electron chi connectivity index (χ4n) is 3.48. The number of carbonyl (C=O) groups excluding carboxylic acids is 1. The minimum absolute atomic E-state index is 0.0606. The number of oxazole rings is 1. The average Bonchev–Trinajstić information content (AvgIpc) is 3.43. The van der Waals surface area contributed by atoms with E-state index < -0.39 is 15.9 Å². The highest BCUT2D eigenvalue weighted by molar-refractivity contribution is 7.89. The number of thiophene rings is 1. The van der Waals surface area contributed by atoms with Gasteiger partial charge in [0.2, 0.25) is 15.9 Å². The fraction of sp³-hybridized carbons (Fsp3) is 0.333. The molecular weight excluding hydrogens is 474 g/mol. The zero-order chi connectivity index (χ0) is 22.9. The molecular formula is C21H22ClN3O5S2. The second-order valence-electron chi connectivity index (χ2n) is 7.53. The number of aromatic nitrogens is 1. The SMILES string of the molecule is C[C@@H]1CN(S(=O)(=O)c2cc(C(=O)NCc3coc(-c4cccs4)n3)ccc2Cl)C[C@H](C)O1. The minimum atomic E-state index is -3.89. The number of hydrogen-bond acceptors (Lipinski definition) is 7. The topological polar surface area (TPSA) is 102 Å². The lowest BCUT2D eigenvalue weighted by Gasteiger charge is -2.34. The first-order valence-electron chi connectivity index (χ1n) is 9.95. The van der Waals surface area contributed by atoms with Crippen molar-refractivity contribution in [3.05, 3.63) is 58.3 Å². The Morgan fingerprint density at radius 1 is 1.28 bits per heavy atom. The quantitative estimate of drug-likeness (QED) is 0.558. The number of sulfonamides is 1. The van der Waals surface area contributed by atoms with E-state index in [2.05, 4.69) is 10.3 Å². The summed E-state index contributed by atoms with van der Waals surface area (Å²) in [5, 5.41) is 4.72. The largest absolute Gasteiger partial charge is 0.443 e. The van der Waals surface area contributed by atoms with Crippen LogP contribution in [0, 0.1) is 0 Å². The summed E-state index contributed by atoms with van der Waals surface area (Å²) in [7, 11) is -3.89. The van der Waals surface area contributed by atoms with Gasteiger partial charge in [0.05, 0.1) is 34.3 Å². The molecule has 1 N–H and O–H groups in total. The highest BCUT2D eigenvalue weighted by Crippen LogP contribution is 2.28. The van der Waals surface area contributed by atoms with Crippen LogP contribution in [-0.2, 0) is 21.3 Å². The third kappa shape index (κ3) is 4.89. The Kier molecular flexibility index (Phi) is 6.68. The molecule has 2 aromatic heterocycles. The van der Waals surface area contributed by atoms with Crippen LogP contribution in [0.15, 0.2) is 51.3 Å². The summed E-state index contributed by atoms with van der Waals surface area (Å²) >= 11 is 7.71. The summed E-state index contributed by atoms with van der Waals surface area (Å²) in [6, 6.07) is 8.00. The van der Waals surface area contributed by atoms with Crippen molar-refractivity contribution in [3.8, 4) is 10.8 Å². The first-order chi connectivity index (χ1) is 15.2. The molecule has 2 atom stereocenters. The van der Waals surface area contributed by atoms with Crippen LogP contribution in [0.5, 0.6) is 0 Å². The zero-order valence-corrected chi connectivity index (χ0v) is 19.8. The molecule has 0 bridgehead atoms. The molecule has 0 aliphatic carbocycles. The highest BCUT2D eigenvalue weighted by Gasteiger charge is 2.33. The molecule has 1 amide bonds. The summed E-state index contributed by atoms with van der Waals surface area (Å²) in [5.74, 6) is 0.0422. The van der Waals surface area contributed by atoms with Crippen molar-refractivity contribution in [2.24, 2.45) is 0 Å². The van der Waals surface area contributed by atoms with Gasteiger partial charge in [0, 0.05) is 18.7 Å². The number of hydrogen-bond donors (Lipinski definition) is 1. The molecule has 1 fully saturated rings. The van der Waals surface area contributed by atoms with Crippen molar-refractivity contribution in [2.75, 3.05) is 13.1 Å². The molecule has 170 valence electrons. The van der Waals surface area contributed by atoms with Crippen LogP contribution >= 0.6 is 22.9 Å². The van der Waals surface area contributed by atoms with Crippen molar-refractivity contribution in [2.45, 2.75) is 37.5 Å². The smallest absolute Gasteiger partial charge is 0.251 e. The standard InChI is InChI=1S/C21H22ClN3O5S2/c1-13-10-25(11-14(2)30-13)32(27,28)19-8-15(5-6-17(19)22)20(26)23-9-16-12-29-21(24-16)18-4-3-7-31-18/h3-8,12-14H,9-11H2,1-2H3,(H,23,26)/t13-,14+. The lowest BCUT2D eigenvalue weighted by Crippen LogP contribution is -2.48. The van der Waals surface area contributed by atoms with Crippen LogP contribution in [0.4, 0.5) is 0 Å². The second kappa shape index (κ2) is 9.32. The molecule has 1 aliphatic rings. The Morgan fingerprint density at radius 2 is 2.03 bits per heavy atom. The van der Waals surface area contributed by atoms with Crippen LogP contribution in [0.25, 0.3) is 10.8 Å². The summed E-state index contributed by atoms with van der Waals surface area (Å²) < 4.78 is 38.8. The molecule has 4 rings (SSSR count). The molecule has 0 radical (unpaired) electrons. The van der Waals surface area contributed by atoms with E-state index in [0.717, 1.165) is 4.88 Å². The summed E-state index contributed by atoms with van der Waals surface area (Å²) in [6.45, 7) is 4.21. The molecule has 1 saturated heterocycles. The highest BCUT2D eigenvalue weighted by atomic mass is 35.5. The third-order valence-electron chi connectivity index (χ3n) is 4.91. The Hall–Kier alpha value is -2.24. The molecule has 32 heavy (non-hydrogen) atoms. The average molecular weight is 496 g/mol. The van der Waals surface area contributed by atoms with E-state index in [1.165, 1.54) is 40.1 Å². The van der Waals surface area contributed by atoms with Crippen LogP contribution in [0.2, 0.25) is 5.02 Å². The molecule has 3 aromatic rings. The summed E-state index contributed by atoms with van der Waals surface area (Å²) in [5.41, 5.74) is 0.740. The predicted molar refractivity (Wildman–Crippen MR) is 121 cm³/mol. The van der Waals surface area contributed by atoms with Crippen molar-refractivity contribution in [1.82, 2.24) is 14.6 Å². The number of morpholine rings is 1. The van der Waals surface area contributed by atoms with Crippen LogP contribution < -0.4 is 5.32 Å². The minimum Gasteiger partial charge on any atom is -0.443 e. The monoisotopic (exact) mass is 495 g/mol. The van der Waals surface area contributed by atoms with Gasteiger partial charge >= 0.3 is 0 Å². The maximum absolute atomic E-state index is 13.2. The lowest BCUT2D eigenvalue weighted by molar-refractivity contribution is -0.0440. The molecule has 0 spiro atoms. The van der Waals surface area contributed by atoms with Gasteiger partial charge < -0.3 is 14.5 Å². The fourth-order valence-corrected chi connectivity index (χ4v) is 6.23. The number of carbonyl (C=O) groups is 1. The van der Waals surface area contributed by atoms with Crippen molar-refractivity contribution in [3.63, 3.8) is 0 Å². The Labute approximate surface area is 195 Å². The van der Waals surface area contributed by atoms with Crippen LogP contribution in [0.3, 0.4) is 0 Å². The lowest BCUT2D eigenvalue weighted by atomic mass is 10.2. The number of nitrogens with zero attached hydrogens (tertiary/aromatic N) is 2. The van der Waals surface area contributed by atoms with E-state index in [1.54, 1.807) is 0 Å². The van der Waals surface area contributed by atoms with E-state index in [9.17, 15) is 13.2 Å². The molecule has 1 aromatic carbocycles. The van der Waals surface area contributed by atoms with Crippen LogP contribution in [0.1, 0.15) is 29.9 Å². The Morgan fingerprint density at radius 3 is 2.72 bits per heavy atom. The van der Waals surface area contributed by atoms with Gasteiger partial charge in [-0.15, -0.1) is 11.3 Å². The van der Waals surface area contributed by atoms with Gasteiger partial charge in [-0.25, -0.2) is 13.4 Å². The molecule has 0 unspecified atom stereocenters. The maximum Gasteiger partial charge on any atom is 0.251 e. The van der Waals surface area contributed by atoms with Gasteiger partial charge in [-0.3, -0.25) is 4.79 Å². The van der Waals surface area contributed by atoms with Crippen molar-refractivity contribution in [1.29, 1.82) is 0 Å². The summed E-state index contributed by atoms with van der Waals surface area (Å²) in [6.07, 6.45) is 1.01. The van der Waals surface area contributed by atoms with Crippen molar-refractivity contribution >= 4 is 38.9 Å². The van der Waals surface area contributed by atoms with Gasteiger partial charge in [0.15, 0.2) is 0 Å². The molecule has 11 heteroatoms. The van der Waals surface area contributed by atoms with Gasteiger partial charge in [0.1, 0.15) is 11.2 Å². The number of ether oxygens (including phenoxy) is 1. The van der Waals surface area contributed by atoms with E-state index in [0.29, 0.717) is 11.6 Å². The van der Waals surface area contributed by atoms with E-state index in [-0.39, 0.29) is 47.3 Å². The molecule has 0 saturated carbocycles. The number of benzene rings is 1. The Balaban J connectivity index is 1.49. The normalized spacial score (nSPS) is 19.7. The number of halogens is 1. The number of nitrogens with one attached hydrogen (secondary N) is 1. The third-order valence-corrected chi connectivity index (χ3v) is 8.08. The van der Waals surface area contributed by atoms with Crippen molar-refractivity contribution < 1.29 is 22.4 Å². The Bertz CT molecular complexity index is 1200. The molecule has 1 aliphatic heterocycles. The van der Waals surface area contributed by atoms with Gasteiger partial charge in [0.25, 0.3) is 5.91 Å².